The third-order valence-corrected chi connectivity index (χ3v) is 5.38. The summed E-state index contributed by atoms with van der Waals surface area (Å²) < 4.78 is 30.4. The molecule has 29 heavy (non-hydrogen) atoms. The molecular weight excluding hydrogens is 416 g/mol. The Morgan fingerprint density at radius 1 is 1.03 bits per heavy atom. The van der Waals surface area contributed by atoms with E-state index in [9.17, 15) is 18.5 Å². The minimum atomic E-state index is -4.04. The van der Waals surface area contributed by atoms with Gasteiger partial charge in [0.15, 0.2) is 5.75 Å². The Balaban J connectivity index is 1.89. The van der Waals surface area contributed by atoms with Gasteiger partial charge in [-0.2, -0.15) is 8.42 Å². The standard InChI is InChI=1S/C20H15ClN2O5S/c1-14-2-9-19(10-3-14)29(26,27)28-20-11-4-16(21)12-15(20)13-22-17-5-7-18(8-6-17)23(24)25/h2-13H,1H3. The molecule has 9 heteroatoms. The second kappa shape index (κ2) is 8.42. The van der Waals surface area contributed by atoms with Crippen LogP contribution in [0.25, 0.3) is 0 Å². The van der Waals surface area contributed by atoms with Gasteiger partial charge in [-0.3, -0.25) is 15.1 Å². The van der Waals surface area contributed by atoms with Crippen molar-refractivity contribution in [3.63, 3.8) is 0 Å². The number of rotatable bonds is 6. The second-order valence-electron chi connectivity index (χ2n) is 6.06. The summed E-state index contributed by atoms with van der Waals surface area (Å²) in [6, 6.07) is 16.3. The Morgan fingerprint density at radius 3 is 2.31 bits per heavy atom. The van der Waals surface area contributed by atoms with E-state index < -0.39 is 15.0 Å². The van der Waals surface area contributed by atoms with E-state index in [1.54, 1.807) is 12.1 Å². The molecule has 0 aliphatic carbocycles. The Bertz CT molecular complexity index is 1170. The third kappa shape index (κ3) is 5.18. The van der Waals surface area contributed by atoms with Gasteiger partial charge in [-0.25, -0.2) is 0 Å². The van der Waals surface area contributed by atoms with Crippen molar-refractivity contribution in [2.45, 2.75) is 11.8 Å². The van der Waals surface area contributed by atoms with Crippen molar-refractivity contribution < 1.29 is 17.5 Å². The largest absolute Gasteiger partial charge is 0.378 e. The van der Waals surface area contributed by atoms with E-state index in [4.69, 9.17) is 15.8 Å². The summed E-state index contributed by atoms with van der Waals surface area (Å²) in [5, 5.41) is 11.1. The molecule has 0 aromatic heterocycles. The molecule has 0 bridgehead atoms. The molecule has 0 saturated carbocycles. The summed E-state index contributed by atoms with van der Waals surface area (Å²) >= 11 is 6.02. The maximum absolute atomic E-state index is 12.6. The topological polar surface area (TPSA) is 98.9 Å². The van der Waals surface area contributed by atoms with E-state index >= 15 is 0 Å². The minimum absolute atomic E-state index is 0.0244. The molecule has 0 N–H and O–H groups in total. The first-order chi connectivity index (χ1) is 13.7. The highest BCUT2D eigenvalue weighted by atomic mass is 35.5. The van der Waals surface area contributed by atoms with Crippen LogP contribution < -0.4 is 4.18 Å². The predicted molar refractivity (Wildman–Crippen MR) is 111 cm³/mol. The zero-order valence-corrected chi connectivity index (χ0v) is 16.7. The van der Waals surface area contributed by atoms with Crippen LogP contribution >= 0.6 is 11.6 Å². The Kier molecular flexibility index (Phi) is 5.95. The van der Waals surface area contributed by atoms with Gasteiger partial charge in [-0.1, -0.05) is 29.3 Å². The highest BCUT2D eigenvalue weighted by molar-refractivity contribution is 7.87. The number of aliphatic imine (C=N–C) groups is 1. The number of halogens is 1. The maximum atomic E-state index is 12.6. The van der Waals surface area contributed by atoms with Gasteiger partial charge in [0.2, 0.25) is 0 Å². The first-order valence-corrected chi connectivity index (χ1v) is 10.1. The first-order valence-electron chi connectivity index (χ1n) is 8.34. The highest BCUT2D eigenvalue weighted by Gasteiger charge is 2.18. The van der Waals surface area contributed by atoms with Gasteiger partial charge in [0.25, 0.3) is 5.69 Å². The molecule has 3 aromatic carbocycles. The van der Waals surface area contributed by atoms with Crippen molar-refractivity contribution in [3.8, 4) is 5.75 Å². The fourth-order valence-corrected chi connectivity index (χ4v) is 3.51. The Hall–Kier alpha value is -3.23. The van der Waals surface area contributed by atoms with Gasteiger partial charge >= 0.3 is 10.1 Å². The SMILES string of the molecule is Cc1ccc(S(=O)(=O)Oc2ccc(Cl)cc2C=Nc2ccc([N+](=O)[O-])cc2)cc1. The lowest BCUT2D eigenvalue weighted by Crippen LogP contribution is -2.11. The van der Waals surface area contributed by atoms with Crippen LogP contribution in [-0.2, 0) is 10.1 Å². The Morgan fingerprint density at radius 2 is 1.69 bits per heavy atom. The van der Waals surface area contributed by atoms with Crippen LogP contribution in [0.2, 0.25) is 5.02 Å². The summed E-state index contributed by atoms with van der Waals surface area (Å²) in [6.07, 6.45) is 1.38. The average molecular weight is 431 g/mol. The van der Waals surface area contributed by atoms with Gasteiger partial charge in [0.05, 0.1) is 10.6 Å². The quantitative estimate of drug-likeness (QED) is 0.235. The lowest BCUT2D eigenvalue weighted by Gasteiger charge is -2.10. The molecule has 0 fully saturated rings. The number of benzene rings is 3. The summed E-state index contributed by atoms with van der Waals surface area (Å²) in [6.45, 7) is 1.85. The van der Waals surface area contributed by atoms with E-state index in [0.29, 0.717) is 16.3 Å². The molecule has 0 amide bonds. The second-order valence-corrected chi connectivity index (χ2v) is 8.05. The lowest BCUT2D eigenvalue weighted by atomic mass is 10.2. The average Bonchev–Trinajstić information content (AvgIpc) is 2.68. The van der Waals surface area contributed by atoms with E-state index in [1.807, 2.05) is 6.92 Å². The van der Waals surface area contributed by atoms with Crippen LogP contribution in [0.3, 0.4) is 0 Å². The number of hydrogen-bond donors (Lipinski definition) is 0. The van der Waals surface area contributed by atoms with E-state index in [1.165, 1.54) is 60.8 Å². The van der Waals surface area contributed by atoms with Crippen LogP contribution in [0.15, 0.2) is 76.6 Å². The van der Waals surface area contributed by atoms with Crippen LogP contribution in [0.5, 0.6) is 5.75 Å². The number of nitro benzene ring substituents is 1. The van der Waals surface area contributed by atoms with Crippen LogP contribution in [0.4, 0.5) is 11.4 Å². The third-order valence-electron chi connectivity index (χ3n) is 3.89. The molecule has 0 atom stereocenters. The minimum Gasteiger partial charge on any atom is -0.378 e. The van der Waals surface area contributed by atoms with Crippen LogP contribution in [-0.4, -0.2) is 19.6 Å². The summed E-state index contributed by atoms with van der Waals surface area (Å²) in [5.74, 6) is 0.0561. The van der Waals surface area contributed by atoms with Crippen molar-refractivity contribution in [1.29, 1.82) is 0 Å². The molecule has 0 spiro atoms. The van der Waals surface area contributed by atoms with Gasteiger partial charge in [-0.15, -0.1) is 0 Å². The van der Waals surface area contributed by atoms with Crippen LogP contribution in [0, 0.1) is 17.0 Å². The number of aryl methyl sites for hydroxylation is 1. The molecule has 0 heterocycles. The van der Waals surface area contributed by atoms with E-state index in [2.05, 4.69) is 4.99 Å². The molecule has 0 unspecified atom stereocenters. The van der Waals surface area contributed by atoms with Crippen LogP contribution in [0.1, 0.15) is 11.1 Å². The zero-order valence-electron chi connectivity index (χ0n) is 15.2. The van der Waals surface area contributed by atoms with Gasteiger partial charge in [-0.05, 0) is 49.4 Å². The number of non-ortho nitro benzene ring substituents is 1. The highest BCUT2D eigenvalue weighted by Crippen LogP contribution is 2.26. The van der Waals surface area contributed by atoms with Gasteiger partial charge < -0.3 is 4.18 Å². The fraction of sp³-hybridized carbons (Fsp3) is 0.0500. The number of nitrogens with zero attached hydrogens (tertiary/aromatic N) is 2. The van der Waals surface area contributed by atoms with Crippen molar-refractivity contribution in [2.24, 2.45) is 4.99 Å². The predicted octanol–water partition coefficient (Wildman–Crippen LogP) is 5.07. The smallest absolute Gasteiger partial charge is 0.339 e. The van der Waals surface area contributed by atoms with Crippen molar-refractivity contribution >= 4 is 39.3 Å². The van der Waals surface area contributed by atoms with Crippen molar-refractivity contribution in [3.05, 3.63) is 93.0 Å². The summed E-state index contributed by atoms with van der Waals surface area (Å²) in [4.78, 5) is 14.4. The molecule has 148 valence electrons. The molecule has 0 radical (unpaired) electrons. The molecule has 0 saturated heterocycles. The first kappa shape index (κ1) is 20.5. The number of hydrogen-bond acceptors (Lipinski definition) is 6. The molecule has 0 aliphatic heterocycles. The van der Waals surface area contributed by atoms with Crippen molar-refractivity contribution in [1.82, 2.24) is 0 Å². The fourth-order valence-electron chi connectivity index (χ4n) is 2.37. The van der Waals surface area contributed by atoms with Gasteiger partial charge in [0, 0.05) is 28.9 Å². The molecular formula is C20H15ClN2O5S. The molecule has 3 aromatic rings. The molecule has 7 nitrogen and oxygen atoms in total. The normalized spacial score (nSPS) is 11.5. The van der Waals surface area contributed by atoms with Gasteiger partial charge in [0.1, 0.15) is 4.90 Å². The van der Waals surface area contributed by atoms with E-state index in [-0.39, 0.29) is 16.3 Å². The monoisotopic (exact) mass is 430 g/mol. The summed E-state index contributed by atoms with van der Waals surface area (Å²) in [7, 11) is -4.04. The lowest BCUT2D eigenvalue weighted by molar-refractivity contribution is -0.384. The molecule has 3 rings (SSSR count). The Labute approximate surface area is 172 Å². The van der Waals surface area contributed by atoms with Crippen molar-refractivity contribution in [2.75, 3.05) is 0 Å². The van der Waals surface area contributed by atoms with E-state index in [0.717, 1.165) is 5.56 Å². The number of nitro groups is 1. The zero-order chi connectivity index (χ0) is 21.0. The maximum Gasteiger partial charge on any atom is 0.339 e. The molecule has 0 aliphatic rings. The summed E-state index contributed by atoms with van der Waals surface area (Å²) in [5.41, 5.74) is 1.65.